The van der Waals surface area contributed by atoms with Crippen LogP contribution in [0.1, 0.15) is 11.3 Å². The van der Waals surface area contributed by atoms with Crippen molar-refractivity contribution in [2.75, 3.05) is 0 Å². The van der Waals surface area contributed by atoms with Gasteiger partial charge in [-0.1, -0.05) is 0 Å². The highest BCUT2D eigenvalue weighted by molar-refractivity contribution is 7.07. The van der Waals surface area contributed by atoms with Crippen LogP contribution in [-0.2, 0) is 13.2 Å². The Labute approximate surface area is 100 Å². The van der Waals surface area contributed by atoms with Gasteiger partial charge in [0, 0.05) is 5.38 Å². The van der Waals surface area contributed by atoms with E-state index in [0.29, 0.717) is 5.69 Å². The molecular formula is C11H9F2NO2S. The zero-order chi connectivity index (χ0) is 12.3. The van der Waals surface area contributed by atoms with E-state index in [4.69, 9.17) is 9.84 Å². The van der Waals surface area contributed by atoms with Gasteiger partial charge in [-0.15, -0.1) is 11.3 Å². The van der Waals surface area contributed by atoms with Gasteiger partial charge >= 0.3 is 0 Å². The number of aliphatic hydroxyl groups is 1. The van der Waals surface area contributed by atoms with Crippen LogP contribution in [0.2, 0.25) is 0 Å². The Morgan fingerprint density at radius 3 is 2.53 bits per heavy atom. The molecule has 17 heavy (non-hydrogen) atoms. The van der Waals surface area contributed by atoms with Gasteiger partial charge in [0.25, 0.3) is 0 Å². The van der Waals surface area contributed by atoms with Crippen molar-refractivity contribution in [2.45, 2.75) is 13.2 Å². The maximum atomic E-state index is 13.4. The normalized spacial score (nSPS) is 10.5. The molecule has 0 saturated heterocycles. The van der Waals surface area contributed by atoms with Gasteiger partial charge in [-0.05, 0) is 17.7 Å². The second kappa shape index (κ2) is 5.20. The monoisotopic (exact) mass is 257 g/mol. The molecule has 0 fully saturated rings. The van der Waals surface area contributed by atoms with E-state index < -0.39 is 24.0 Å². The molecule has 90 valence electrons. The molecule has 0 bridgehead atoms. The van der Waals surface area contributed by atoms with Crippen LogP contribution in [0.3, 0.4) is 0 Å². The summed E-state index contributed by atoms with van der Waals surface area (Å²) >= 11 is 1.38. The van der Waals surface area contributed by atoms with Crippen molar-refractivity contribution in [3.63, 3.8) is 0 Å². The highest BCUT2D eigenvalue weighted by Gasteiger charge is 2.12. The number of aromatic nitrogens is 1. The van der Waals surface area contributed by atoms with Gasteiger partial charge in [0.2, 0.25) is 0 Å². The van der Waals surface area contributed by atoms with E-state index in [1.807, 2.05) is 0 Å². The molecule has 0 radical (unpaired) electrons. The van der Waals surface area contributed by atoms with Crippen molar-refractivity contribution in [2.24, 2.45) is 0 Å². The predicted octanol–water partition coefficient (Wildman–Crippen LogP) is 2.49. The van der Waals surface area contributed by atoms with Crippen LogP contribution in [0.15, 0.2) is 23.0 Å². The Morgan fingerprint density at radius 1 is 1.29 bits per heavy atom. The van der Waals surface area contributed by atoms with Crippen molar-refractivity contribution in [3.05, 3.63) is 45.9 Å². The van der Waals surface area contributed by atoms with Gasteiger partial charge in [0.1, 0.15) is 6.61 Å². The zero-order valence-corrected chi connectivity index (χ0v) is 9.51. The minimum Gasteiger partial charge on any atom is -0.481 e. The summed E-state index contributed by atoms with van der Waals surface area (Å²) in [7, 11) is 0. The van der Waals surface area contributed by atoms with Crippen molar-refractivity contribution in [1.82, 2.24) is 4.98 Å². The van der Waals surface area contributed by atoms with Gasteiger partial charge in [-0.3, -0.25) is 0 Å². The lowest BCUT2D eigenvalue weighted by molar-refractivity contribution is 0.264. The summed E-state index contributed by atoms with van der Waals surface area (Å²) in [6.07, 6.45) is 0. The molecule has 0 unspecified atom stereocenters. The Balaban J connectivity index is 2.15. The number of nitrogens with zero attached hydrogens (tertiary/aromatic N) is 1. The van der Waals surface area contributed by atoms with E-state index in [0.717, 1.165) is 12.1 Å². The summed E-state index contributed by atoms with van der Waals surface area (Å²) in [5.74, 6) is -2.11. The number of hydrogen-bond acceptors (Lipinski definition) is 4. The minimum atomic E-state index is -0.829. The van der Waals surface area contributed by atoms with Crippen molar-refractivity contribution in [3.8, 4) is 5.75 Å². The number of halogens is 2. The van der Waals surface area contributed by atoms with Crippen LogP contribution >= 0.6 is 11.3 Å². The first-order valence-corrected chi connectivity index (χ1v) is 5.73. The number of benzene rings is 1. The molecule has 1 aromatic carbocycles. The Bertz CT molecular complexity index is 479. The third-order valence-corrected chi connectivity index (χ3v) is 2.72. The molecule has 1 aromatic heterocycles. The first-order valence-electron chi connectivity index (χ1n) is 4.79. The fourth-order valence-corrected chi connectivity index (χ4v) is 1.84. The van der Waals surface area contributed by atoms with Gasteiger partial charge in [0.15, 0.2) is 17.4 Å². The molecule has 2 aromatic rings. The van der Waals surface area contributed by atoms with Crippen molar-refractivity contribution >= 4 is 11.3 Å². The molecule has 0 atom stereocenters. The van der Waals surface area contributed by atoms with Gasteiger partial charge in [-0.2, -0.15) is 0 Å². The Morgan fingerprint density at radius 2 is 2.00 bits per heavy atom. The molecule has 0 spiro atoms. The summed E-state index contributed by atoms with van der Waals surface area (Å²) in [6, 6.07) is 2.08. The summed E-state index contributed by atoms with van der Waals surface area (Å²) in [5, 5.41) is 10.5. The van der Waals surface area contributed by atoms with E-state index in [1.54, 1.807) is 10.9 Å². The lowest BCUT2D eigenvalue weighted by Gasteiger charge is -2.08. The lowest BCUT2D eigenvalue weighted by Crippen LogP contribution is -2.01. The smallest absolute Gasteiger partial charge is 0.191 e. The molecule has 2 rings (SSSR count). The highest BCUT2D eigenvalue weighted by Crippen LogP contribution is 2.24. The molecule has 0 amide bonds. The summed E-state index contributed by atoms with van der Waals surface area (Å²) in [4.78, 5) is 3.93. The second-order valence-corrected chi connectivity index (χ2v) is 4.03. The number of thiazole rings is 1. The van der Waals surface area contributed by atoms with Crippen LogP contribution in [-0.4, -0.2) is 10.1 Å². The summed E-state index contributed by atoms with van der Waals surface area (Å²) in [5.41, 5.74) is 2.39. The van der Waals surface area contributed by atoms with Crippen molar-refractivity contribution < 1.29 is 18.6 Å². The van der Waals surface area contributed by atoms with Crippen LogP contribution in [0.4, 0.5) is 8.78 Å². The van der Waals surface area contributed by atoms with Crippen LogP contribution < -0.4 is 4.74 Å². The summed E-state index contributed by atoms with van der Waals surface area (Å²) in [6.45, 7) is -0.407. The maximum absolute atomic E-state index is 13.4. The third-order valence-electron chi connectivity index (χ3n) is 2.09. The first-order chi connectivity index (χ1) is 8.20. The number of rotatable bonds is 4. The van der Waals surface area contributed by atoms with Gasteiger partial charge in [0.05, 0.1) is 17.8 Å². The molecule has 1 N–H and O–H groups in total. The topological polar surface area (TPSA) is 42.4 Å². The van der Waals surface area contributed by atoms with E-state index >= 15 is 0 Å². The molecule has 6 heteroatoms. The maximum Gasteiger partial charge on any atom is 0.191 e. The molecule has 0 aliphatic heterocycles. The quantitative estimate of drug-likeness (QED) is 0.915. The average molecular weight is 257 g/mol. The SMILES string of the molecule is OCc1cc(F)c(OCc2cscn2)c(F)c1. The first kappa shape index (κ1) is 11.9. The molecule has 0 aliphatic carbocycles. The van der Waals surface area contributed by atoms with Crippen LogP contribution in [0, 0.1) is 11.6 Å². The lowest BCUT2D eigenvalue weighted by atomic mass is 10.2. The number of ether oxygens (including phenoxy) is 1. The van der Waals surface area contributed by atoms with Gasteiger partial charge < -0.3 is 9.84 Å². The fourth-order valence-electron chi connectivity index (χ4n) is 1.30. The summed E-state index contributed by atoms with van der Waals surface area (Å²) < 4.78 is 31.9. The van der Waals surface area contributed by atoms with Crippen LogP contribution in [0.5, 0.6) is 5.75 Å². The van der Waals surface area contributed by atoms with E-state index in [-0.39, 0.29) is 12.2 Å². The second-order valence-electron chi connectivity index (χ2n) is 3.32. The number of hydrogen-bond donors (Lipinski definition) is 1. The Kier molecular flexibility index (Phi) is 3.65. The predicted molar refractivity (Wildman–Crippen MR) is 58.7 cm³/mol. The molecule has 3 nitrogen and oxygen atoms in total. The average Bonchev–Trinajstić information content (AvgIpc) is 2.80. The fraction of sp³-hybridized carbons (Fsp3) is 0.182. The minimum absolute atomic E-state index is 0.00973. The molecular weight excluding hydrogens is 248 g/mol. The standard InChI is InChI=1S/C11H9F2NO2S/c12-9-1-7(3-15)2-10(13)11(9)16-4-8-5-17-6-14-8/h1-2,5-6,15H,3-4H2. The number of aliphatic hydroxyl groups excluding tert-OH is 1. The van der Waals surface area contributed by atoms with Gasteiger partial charge in [-0.25, -0.2) is 13.8 Å². The molecule has 1 heterocycles. The van der Waals surface area contributed by atoms with E-state index in [2.05, 4.69) is 4.98 Å². The Hall–Kier alpha value is -1.53. The zero-order valence-electron chi connectivity index (χ0n) is 8.69. The third kappa shape index (κ3) is 2.78. The van der Waals surface area contributed by atoms with E-state index in [9.17, 15) is 8.78 Å². The van der Waals surface area contributed by atoms with Crippen LogP contribution in [0.25, 0.3) is 0 Å². The van der Waals surface area contributed by atoms with Crippen molar-refractivity contribution in [1.29, 1.82) is 0 Å². The molecule has 0 aliphatic rings. The molecule has 0 saturated carbocycles. The highest BCUT2D eigenvalue weighted by atomic mass is 32.1. The van der Waals surface area contributed by atoms with E-state index in [1.165, 1.54) is 11.3 Å². The largest absolute Gasteiger partial charge is 0.481 e.